The molecule has 1 saturated carbocycles. The van der Waals surface area contributed by atoms with E-state index in [9.17, 15) is 27.2 Å². The Bertz CT molecular complexity index is 718. The first-order valence-electron chi connectivity index (χ1n) is 7.24. The van der Waals surface area contributed by atoms with Crippen LogP contribution in [0.2, 0.25) is 0 Å². The maximum atomic E-state index is 13.9. The van der Waals surface area contributed by atoms with Gasteiger partial charge in [0.05, 0.1) is 18.2 Å². The molecule has 0 amide bonds. The number of benzene rings is 1. The fourth-order valence-electron chi connectivity index (χ4n) is 2.08. The normalized spacial score (nSPS) is 19.8. The number of hydrogen-bond donors (Lipinski definition) is 1. The Morgan fingerprint density at radius 2 is 1.96 bits per heavy atom. The van der Waals surface area contributed by atoms with Crippen molar-refractivity contribution in [2.75, 3.05) is 6.61 Å². The molecule has 4 nitrogen and oxygen atoms in total. The second-order valence-electron chi connectivity index (χ2n) is 5.29. The van der Waals surface area contributed by atoms with E-state index in [1.807, 2.05) is 0 Å². The summed E-state index contributed by atoms with van der Waals surface area (Å²) in [5.74, 6) is -6.39. The quantitative estimate of drug-likeness (QED) is 0.164. The summed E-state index contributed by atoms with van der Waals surface area (Å²) in [6.45, 7) is 2.45. The van der Waals surface area contributed by atoms with Crippen LogP contribution in [0.15, 0.2) is 17.8 Å². The van der Waals surface area contributed by atoms with E-state index in [-0.39, 0.29) is 19.1 Å². The number of hydrogen-bond acceptors (Lipinski definition) is 4. The molecule has 0 saturated heterocycles. The summed E-state index contributed by atoms with van der Waals surface area (Å²) in [4.78, 5) is 24.4. The Balaban J connectivity index is 2.41. The van der Waals surface area contributed by atoms with Gasteiger partial charge in [0.1, 0.15) is 17.6 Å². The highest BCUT2D eigenvalue weighted by Gasteiger charge is 2.37. The van der Waals surface area contributed by atoms with Crippen molar-refractivity contribution in [3.8, 4) is 0 Å². The van der Waals surface area contributed by atoms with Crippen LogP contribution >= 0.6 is 0 Å². The van der Waals surface area contributed by atoms with Crippen LogP contribution in [-0.2, 0) is 9.53 Å². The smallest absolute Gasteiger partial charge is 0.343 e. The number of alkyl halides is 1. The number of rotatable bonds is 6. The van der Waals surface area contributed by atoms with Gasteiger partial charge in [-0.1, -0.05) is 0 Å². The molecular formula is C16H15F4NO3. The Hall–Kier alpha value is -2.38. The van der Waals surface area contributed by atoms with Gasteiger partial charge < -0.3 is 10.1 Å². The number of esters is 1. The molecule has 24 heavy (non-hydrogen) atoms. The van der Waals surface area contributed by atoms with E-state index in [2.05, 4.69) is 5.32 Å². The molecule has 0 aliphatic heterocycles. The van der Waals surface area contributed by atoms with E-state index in [4.69, 9.17) is 4.74 Å². The van der Waals surface area contributed by atoms with Crippen LogP contribution in [-0.4, -0.2) is 30.6 Å². The molecule has 1 N–H and O–H groups in total. The first-order valence-corrected chi connectivity index (χ1v) is 7.24. The maximum absolute atomic E-state index is 13.9. The van der Waals surface area contributed by atoms with Gasteiger partial charge in [0.2, 0.25) is 5.78 Å². The number of ketones is 1. The SMILES string of the molecule is CCOC(=O)C(=CN[C@@H]1C[C@@H]1F)C(=O)c1c(F)cc(F)c(F)c1C. The summed E-state index contributed by atoms with van der Waals surface area (Å²) in [6, 6.07) is -0.331. The van der Waals surface area contributed by atoms with Gasteiger partial charge in [-0.3, -0.25) is 4.79 Å². The summed E-state index contributed by atoms with van der Waals surface area (Å²) in [7, 11) is 0. The molecule has 1 aliphatic rings. The molecule has 0 radical (unpaired) electrons. The third kappa shape index (κ3) is 3.58. The minimum Gasteiger partial charge on any atom is -0.462 e. The van der Waals surface area contributed by atoms with Crippen molar-refractivity contribution in [2.24, 2.45) is 0 Å². The van der Waals surface area contributed by atoms with Crippen molar-refractivity contribution in [1.82, 2.24) is 5.32 Å². The fraction of sp³-hybridized carbons (Fsp3) is 0.375. The lowest BCUT2D eigenvalue weighted by Gasteiger charge is -2.11. The summed E-state index contributed by atoms with van der Waals surface area (Å²) in [6.07, 6.45) is 0.0194. The van der Waals surface area contributed by atoms with Crippen LogP contribution in [0.25, 0.3) is 0 Å². The lowest BCUT2D eigenvalue weighted by Crippen LogP contribution is -2.23. The van der Waals surface area contributed by atoms with Crippen LogP contribution in [0.1, 0.15) is 29.3 Å². The van der Waals surface area contributed by atoms with Gasteiger partial charge in [0.25, 0.3) is 0 Å². The van der Waals surface area contributed by atoms with Crippen LogP contribution < -0.4 is 5.32 Å². The summed E-state index contributed by atoms with van der Waals surface area (Å²) >= 11 is 0. The van der Waals surface area contributed by atoms with E-state index in [0.717, 1.165) is 13.1 Å². The van der Waals surface area contributed by atoms with Crippen LogP contribution in [0.5, 0.6) is 0 Å². The second kappa shape index (κ2) is 7.02. The third-order valence-corrected chi connectivity index (χ3v) is 3.53. The Labute approximate surface area is 135 Å². The highest BCUT2D eigenvalue weighted by atomic mass is 19.2. The van der Waals surface area contributed by atoms with Gasteiger partial charge in [-0.05, 0) is 13.8 Å². The first-order chi connectivity index (χ1) is 11.3. The monoisotopic (exact) mass is 345 g/mol. The van der Waals surface area contributed by atoms with Gasteiger partial charge in [-0.25, -0.2) is 22.4 Å². The molecule has 2 atom stereocenters. The van der Waals surface area contributed by atoms with E-state index in [1.165, 1.54) is 6.92 Å². The average molecular weight is 345 g/mol. The van der Waals surface area contributed by atoms with E-state index in [1.54, 1.807) is 0 Å². The summed E-state index contributed by atoms with van der Waals surface area (Å²) in [5.41, 5.74) is -1.96. The molecule has 1 aliphatic carbocycles. The fourth-order valence-corrected chi connectivity index (χ4v) is 2.08. The highest BCUT2D eigenvalue weighted by Crippen LogP contribution is 2.26. The number of carbonyl (C=O) groups is 2. The third-order valence-electron chi connectivity index (χ3n) is 3.53. The zero-order valence-electron chi connectivity index (χ0n) is 13.0. The van der Waals surface area contributed by atoms with Crippen molar-refractivity contribution >= 4 is 11.8 Å². The van der Waals surface area contributed by atoms with E-state index >= 15 is 0 Å². The maximum Gasteiger partial charge on any atom is 0.343 e. The topological polar surface area (TPSA) is 55.4 Å². The molecule has 130 valence electrons. The molecule has 1 aromatic rings. The number of nitrogens with one attached hydrogen (secondary N) is 1. The molecule has 1 aromatic carbocycles. The summed E-state index contributed by atoms with van der Waals surface area (Å²) < 4.78 is 58.3. The molecular weight excluding hydrogens is 330 g/mol. The van der Waals surface area contributed by atoms with Gasteiger partial charge in [-0.15, -0.1) is 0 Å². The van der Waals surface area contributed by atoms with Crippen LogP contribution in [0.4, 0.5) is 17.6 Å². The summed E-state index contributed by atoms with van der Waals surface area (Å²) in [5, 5.41) is 2.51. The molecule has 2 rings (SSSR count). The number of halogens is 4. The van der Waals surface area contributed by atoms with Crippen molar-refractivity contribution in [3.05, 3.63) is 46.4 Å². The Morgan fingerprint density at radius 1 is 1.33 bits per heavy atom. The van der Waals surface area contributed by atoms with Crippen molar-refractivity contribution in [1.29, 1.82) is 0 Å². The second-order valence-corrected chi connectivity index (χ2v) is 5.29. The predicted molar refractivity (Wildman–Crippen MR) is 76.5 cm³/mol. The minimum absolute atomic E-state index is 0.0577. The molecule has 0 bridgehead atoms. The predicted octanol–water partition coefficient (Wildman–Crippen LogP) is 2.74. The lowest BCUT2D eigenvalue weighted by molar-refractivity contribution is -0.138. The van der Waals surface area contributed by atoms with Crippen molar-refractivity contribution < 1.29 is 31.9 Å². The highest BCUT2D eigenvalue weighted by molar-refractivity contribution is 6.24. The van der Waals surface area contributed by atoms with E-state index < -0.39 is 58.1 Å². The zero-order valence-corrected chi connectivity index (χ0v) is 13.0. The Morgan fingerprint density at radius 3 is 2.50 bits per heavy atom. The molecule has 0 unspecified atom stereocenters. The lowest BCUT2D eigenvalue weighted by atomic mass is 9.98. The zero-order chi connectivity index (χ0) is 18.0. The van der Waals surface area contributed by atoms with Gasteiger partial charge in [0.15, 0.2) is 11.6 Å². The van der Waals surface area contributed by atoms with Crippen LogP contribution in [0.3, 0.4) is 0 Å². The molecule has 0 aromatic heterocycles. The van der Waals surface area contributed by atoms with Crippen molar-refractivity contribution in [2.45, 2.75) is 32.5 Å². The number of carbonyl (C=O) groups excluding carboxylic acids is 2. The number of Topliss-reactive ketones (excluding diaryl/α,β-unsaturated/α-hetero) is 1. The van der Waals surface area contributed by atoms with Crippen LogP contribution in [0, 0.1) is 24.4 Å². The molecule has 0 heterocycles. The largest absolute Gasteiger partial charge is 0.462 e. The van der Waals surface area contributed by atoms with Crippen molar-refractivity contribution in [3.63, 3.8) is 0 Å². The minimum atomic E-state index is -1.44. The molecule has 0 spiro atoms. The Kier molecular flexibility index (Phi) is 5.26. The van der Waals surface area contributed by atoms with Gasteiger partial charge in [0, 0.05) is 24.3 Å². The molecule has 8 heteroatoms. The number of ether oxygens (including phenoxy) is 1. The average Bonchev–Trinajstić information content (AvgIpc) is 3.21. The van der Waals surface area contributed by atoms with E-state index in [0.29, 0.717) is 0 Å². The molecule has 1 fully saturated rings. The van der Waals surface area contributed by atoms with Gasteiger partial charge in [-0.2, -0.15) is 0 Å². The standard InChI is InChI=1S/C16H15F4NO3/c1-3-24-16(23)8(6-21-12-5-9(12)17)15(22)13-7(2)14(20)11(19)4-10(13)18/h4,6,9,12,21H,3,5H2,1-2H3/t9-,12+/m0/s1. The van der Waals surface area contributed by atoms with Gasteiger partial charge >= 0.3 is 5.97 Å². The first kappa shape index (κ1) is 18.0.